The van der Waals surface area contributed by atoms with Gasteiger partial charge in [0.05, 0.1) is 13.0 Å². The Morgan fingerprint density at radius 1 is 1.19 bits per heavy atom. The number of methoxy groups -OCH3 is 1. The summed E-state index contributed by atoms with van der Waals surface area (Å²) < 4.78 is 5.30. The third kappa shape index (κ3) is 3.43. The standard InChI is InChI=1S/C18H20O3/c1-12-8-9-13(2)14(10-12)11-16(18(19)20)15-6-4-5-7-17(15)21-3/h4-10,16H,11H2,1-3H3,(H,19,20). The Morgan fingerprint density at radius 2 is 1.90 bits per heavy atom. The van der Waals surface area contributed by atoms with Gasteiger partial charge in [-0.25, -0.2) is 0 Å². The largest absolute Gasteiger partial charge is 0.496 e. The molecule has 0 saturated carbocycles. The summed E-state index contributed by atoms with van der Waals surface area (Å²) in [6.45, 7) is 4.03. The summed E-state index contributed by atoms with van der Waals surface area (Å²) >= 11 is 0. The fourth-order valence-electron chi connectivity index (χ4n) is 2.52. The lowest BCUT2D eigenvalue weighted by atomic mass is 9.89. The second-order valence-corrected chi connectivity index (χ2v) is 5.27. The lowest BCUT2D eigenvalue weighted by molar-refractivity contribution is -0.138. The highest BCUT2D eigenvalue weighted by molar-refractivity contribution is 5.77. The highest BCUT2D eigenvalue weighted by Crippen LogP contribution is 2.30. The second kappa shape index (κ2) is 6.44. The number of aryl methyl sites for hydroxylation is 2. The summed E-state index contributed by atoms with van der Waals surface area (Å²) in [5, 5.41) is 9.61. The van der Waals surface area contributed by atoms with Gasteiger partial charge in [-0.3, -0.25) is 4.79 Å². The summed E-state index contributed by atoms with van der Waals surface area (Å²) in [7, 11) is 1.57. The summed E-state index contributed by atoms with van der Waals surface area (Å²) in [6.07, 6.45) is 0.462. The molecule has 0 aliphatic carbocycles. The molecular weight excluding hydrogens is 264 g/mol. The molecule has 0 heterocycles. The van der Waals surface area contributed by atoms with Crippen LogP contribution in [0.3, 0.4) is 0 Å². The van der Waals surface area contributed by atoms with E-state index in [9.17, 15) is 9.90 Å². The number of hydrogen-bond donors (Lipinski definition) is 1. The van der Waals surface area contributed by atoms with Crippen LogP contribution >= 0.6 is 0 Å². The van der Waals surface area contributed by atoms with Crippen molar-refractivity contribution in [1.29, 1.82) is 0 Å². The van der Waals surface area contributed by atoms with E-state index >= 15 is 0 Å². The molecule has 3 nitrogen and oxygen atoms in total. The Kier molecular flexibility index (Phi) is 4.63. The number of hydrogen-bond acceptors (Lipinski definition) is 2. The third-order valence-corrected chi connectivity index (χ3v) is 3.74. The SMILES string of the molecule is COc1ccccc1C(Cc1cc(C)ccc1C)C(=O)O. The number of ether oxygens (including phenoxy) is 1. The van der Waals surface area contributed by atoms with E-state index < -0.39 is 11.9 Å². The fourth-order valence-corrected chi connectivity index (χ4v) is 2.52. The van der Waals surface area contributed by atoms with Crippen molar-refractivity contribution in [2.45, 2.75) is 26.2 Å². The molecule has 1 N–H and O–H groups in total. The first-order valence-electron chi connectivity index (χ1n) is 6.94. The molecule has 0 fully saturated rings. The Labute approximate surface area is 125 Å². The lowest BCUT2D eigenvalue weighted by Crippen LogP contribution is -2.16. The number of aliphatic carboxylic acids is 1. The smallest absolute Gasteiger partial charge is 0.311 e. The van der Waals surface area contributed by atoms with Crippen LogP contribution in [0.5, 0.6) is 5.75 Å². The van der Waals surface area contributed by atoms with Crippen LogP contribution in [-0.2, 0) is 11.2 Å². The van der Waals surface area contributed by atoms with Gasteiger partial charge in [-0.1, -0.05) is 42.0 Å². The minimum absolute atomic E-state index is 0.462. The van der Waals surface area contributed by atoms with Crippen molar-refractivity contribution >= 4 is 5.97 Å². The molecule has 0 saturated heterocycles. The molecule has 3 heteroatoms. The van der Waals surface area contributed by atoms with Gasteiger partial charge >= 0.3 is 5.97 Å². The average Bonchev–Trinajstić information content (AvgIpc) is 2.47. The summed E-state index contributed by atoms with van der Waals surface area (Å²) in [5.74, 6) is -0.822. The monoisotopic (exact) mass is 284 g/mol. The van der Waals surface area contributed by atoms with Crippen molar-refractivity contribution in [3.63, 3.8) is 0 Å². The van der Waals surface area contributed by atoms with Crippen molar-refractivity contribution in [3.05, 3.63) is 64.7 Å². The average molecular weight is 284 g/mol. The van der Waals surface area contributed by atoms with E-state index in [0.717, 1.165) is 16.7 Å². The van der Waals surface area contributed by atoms with Gasteiger partial charge in [0.15, 0.2) is 0 Å². The van der Waals surface area contributed by atoms with Crippen molar-refractivity contribution in [1.82, 2.24) is 0 Å². The maximum Gasteiger partial charge on any atom is 0.311 e. The van der Waals surface area contributed by atoms with Crippen LogP contribution in [0.2, 0.25) is 0 Å². The van der Waals surface area contributed by atoms with E-state index in [1.165, 1.54) is 0 Å². The molecule has 2 aromatic carbocycles. The van der Waals surface area contributed by atoms with Gasteiger partial charge in [-0.05, 0) is 37.5 Å². The first-order chi connectivity index (χ1) is 10.0. The predicted octanol–water partition coefficient (Wildman–Crippen LogP) is 3.72. The zero-order chi connectivity index (χ0) is 15.4. The summed E-state index contributed by atoms with van der Waals surface area (Å²) in [5.41, 5.74) is 4.03. The van der Waals surface area contributed by atoms with Crippen LogP contribution in [0.4, 0.5) is 0 Å². The number of carboxylic acids is 1. The molecule has 0 radical (unpaired) electrons. The van der Waals surface area contributed by atoms with Crippen molar-refractivity contribution in [2.24, 2.45) is 0 Å². The first-order valence-corrected chi connectivity index (χ1v) is 6.94. The van der Waals surface area contributed by atoms with Crippen LogP contribution in [0.15, 0.2) is 42.5 Å². The van der Waals surface area contributed by atoms with E-state index in [0.29, 0.717) is 17.7 Å². The fraction of sp³-hybridized carbons (Fsp3) is 0.278. The molecule has 2 rings (SSSR count). The molecule has 0 bridgehead atoms. The zero-order valence-corrected chi connectivity index (χ0v) is 12.6. The van der Waals surface area contributed by atoms with E-state index in [2.05, 4.69) is 6.07 Å². The lowest BCUT2D eigenvalue weighted by Gasteiger charge is -2.17. The van der Waals surface area contributed by atoms with Crippen molar-refractivity contribution in [2.75, 3.05) is 7.11 Å². The van der Waals surface area contributed by atoms with Crippen LogP contribution in [0.25, 0.3) is 0 Å². The topological polar surface area (TPSA) is 46.5 Å². The van der Waals surface area contributed by atoms with Crippen LogP contribution in [0.1, 0.15) is 28.2 Å². The number of para-hydroxylation sites is 1. The van der Waals surface area contributed by atoms with Gasteiger partial charge in [0.1, 0.15) is 5.75 Å². The molecule has 2 aromatic rings. The molecule has 21 heavy (non-hydrogen) atoms. The van der Waals surface area contributed by atoms with E-state index in [1.807, 2.05) is 44.2 Å². The molecular formula is C18H20O3. The highest BCUT2D eigenvalue weighted by Gasteiger charge is 2.24. The first kappa shape index (κ1) is 15.1. The maximum absolute atomic E-state index is 11.7. The number of carboxylic acid groups (broad SMARTS) is 1. The molecule has 1 unspecified atom stereocenters. The Morgan fingerprint density at radius 3 is 2.57 bits per heavy atom. The van der Waals surface area contributed by atoms with Gasteiger partial charge in [-0.15, -0.1) is 0 Å². The summed E-state index contributed by atoms with van der Waals surface area (Å²) in [6, 6.07) is 13.4. The summed E-state index contributed by atoms with van der Waals surface area (Å²) in [4.78, 5) is 11.7. The van der Waals surface area contributed by atoms with Gasteiger partial charge in [-0.2, -0.15) is 0 Å². The molecule has 110 valence electrons. The van der Waals surface area contributed by atoms with Crippen molar-refractivity contribution in [3.8, 4) is 5.75 Å². The van der Waals surface area contributed by atoms with Crippen LogP contribution < -0.4 is 4.74 Å². The van der Waals surface area contributed by atoms with E-state index in [4.69, 9.17) is 4.74 Å². The predicted molar refractivity (Wildman–Crippen MR) is 83.0 cm³/mol. The minimum atomic E-state index is -0.833. The van der Waals surface area contributed by atoms with Crippen LogP contribution in [0, 0.1) is 13.8 Å². The van der Waals surface area contributed by atoms with Gasteiger partial charge in [0.2, 0.25) is 0 Å². The molecule has 0 amide bonds. The van der Waals surface area contributed by atoms with Crippen molar-refractivity contribution < 1.29 is 14.6 Å². The Bertz CT molecular complexity index is 647. The molecule has 0 aromatic heterocycles. The number of rotatable bonds is 5. The minimum Gasteiger partial charge on any atom is -0.496 e. The molecule has 0 aliphatic rings. The van der Waals surface area contributed by atoms with Crippen LogP contribution in [-0.4, -0.2) is 18.2 Å². The number of carbonyl (C=O) groups is 1. The Balaban J connectivity index is 2.40. The normalized spacial score (nSPS) is 12.0. The van der Waals surface area contributed by atoms with Gasteiger partial charge in [0, 0.05) is 5.56 Å². The molecule has 0 spiro atoms. The Hall–Kier alpha value is -2.29. The number of benzene rings is 2. The van der Waals surface area contributed by atoms with Gasteiger partial charge in [0.25, 0.3) is 0 Å². The third-order valence-electron chi connectivity index (χ3n) is 3.74. The quantitative estimate of drug-likeness (QED) is 0.910. The maximum atomic E-state index is 11.7. The zero-order valence-electron chi connectivity index (χ0n) is 12.6. The second-order valence-electron chi connectivity index (χ2n) is 5.27. The van der Waals surface area contributed by atoms with E-state index in [1.54, 1.807) is 13.2 Å². The molecule has 1 atom stereocenters. The highest BCUT2D eigenvalue weighted by atomic mass is 16.5. The molecule has 0 aliphatic heterocycles. The van der Waals surface area contributed by atoms with Gasteiger partial charge < -0.3 is 9.84 Å². The van der Waals surface area contributed by atoms with E-state index in [-0.39, 0.29) is 0 Å².